The van der Waals surface area contributed by atoms with Gasteiger partial charge in [-0.3, -0.25) is 4.79 Å². The van der Waals surface area contributed by atoms with E-state index in [0.717, 1.165) is 6.20 Å². The van der Waals surface area contributed by atoms with Crippen molar-refractivity contribution in [1.29, 1.82) is 0 Å². The van der Waals surface area contributed by atoms with Crippen LogP contribution in [-0.4, -0.2) is 38.1 Å². The van der Waals surface area contributed by atoms with Gasteiger partial charge < -0.3 is 20.7 Å². The Morgan fingerprint density at radius 2 is 2.07 bits per heavy atom. The number of halogens is 1. The van der Waals surface area contributed by atoms with Crippen molar-refractivity contribution in [2.45, 2.75) is 39.2 Å². The maximum atomic E-state index is 13.0. The normalized spacial score (nSPS) is 20.4. The monoisotopic (exact) mass is 403 g/mol. The van der Waals surface area contributed by atoms with E-state index in [-0.39, 0.29) is 35.5 Å². The third-order valence-corrected chi connectivity index (χ3v) is 5.08. The van der Waals surface area contributed by atoms with Crippen LogP contribution in [0.2, 0.25) is 0 Å². The van der Waals surface area contributed by atoms with E-state index in [1.807, 2.05) is 13.8 Å². The molecule has 1 amide bonds. The van der Waals surface area contributed by atoms with Gasteiger partial charge in [-0.05, 0) is 36.8 Å². The highest BCUT2D eigenvalue weighted by atomic mass is 19.1. The number of pyridine rings is 1. The van der Waals surface area contributed by atoms with E-state index < -0.39 is 23.7 Å². The molecule has 1 aliphatic carbocycles. The van der Waals surface area contributed by atoms with Crippen molar-refractivity contribution in [2.24, 2.45) is 17.6 Å². The zero-order valence-electron chi connectivity index (χ0n) is 16.1. The molecule has 3 rings (SSSR count). The SMILES string of the molecule is CC1CC(NC(=O)C(N)Cc2nc(-c3ccc(F)cn3)no2)=C(C(=O)O)C[C@H]1C. The summed E-state index contributed by atoms with van der Waals surface area (Å²) in [5.74, 6) is -1.33. The van der Waals surface area contributed by atoms with Crippen LogP contribution < -0.4 is 11.1 Å². The van der Waals surface area contributed by atoms with Crippen LogP contribution in [0.5, 0.6) is 0 Å². The fraction of sp³-hybridized carbons (Fsp3) is 0.421. The summed E-state index contributed by atoms with van der Waals surface area (Å²) in [4.78, 5) is 32.0. The molecule has 2 aromatic heterocycles. The average molecular weight is 403 g/mol. The van der Waals surface area contributed by atoms with Gasteiger partial charge in [0.2, 0.25) is 17.6 Å². The molecule has 2 heterocycles. The Hall–Kier alpha value is -3.14. The molecule has 4 N–H and O–H groups in total. The predicted molar refractivity (Wildman–Crippen MR) is 99.5 cm³/mol. The highest BCUT2D eigenvalue weighted by Crippen LogP contribution is 2.32. The van der Waals surface area contributed by atoms with Gasteiger partial charge in [0.25, 0.3) is 0 Å². The molecular weight excluding hydrogens is 381 g/mol. The fourth-order valence-electron chi connectivity index (χ4n) is 3.11. The summed E-state index contributed by atoms with van der Waals surface area (Å²) in [6.07, 6.45) is 1.84. The lowest BCUT2D eigenvalue weighted by molar-refractivity contribution is -0.133. The first-order valence-electron chi connectivity index (χ1n) is 9.20. The molecule has 3 atom stereocenters. The summed E-state index contributed by atoms with van der Waals surface area (Å²) >= 11 is 0. The van der Waals surface area contributed by atoms with Crippen LogP contribution in [0.3, 0.4) is 0 Å². The molecule has 0 aliphatic heterocycles. The van der Waals surface area contributed by atoms with Crippen LogP contribution in [0.4, 0.5) is 4.39 Å². The van der Waals surface area contributed by atoms with E-state index in [0.29, 0.717) is 24.2 Å². The third kappa shape index (κ3) is 4.83. The molecule has 0 saturated heterocycles. The van der Waals surface area contributed by atoms with Gasteiger partial charge in [-0.15, -0.1) is 0 Å². The first-order valence-corrected chi connectivity index (χ1v) is 9.20. The first-order chi connectivity index (χ1) is 13.7. The number of carbonyl (C=O) groups is 2. The Morgan fingerprint density at radius 1 is 1.34 bits per heavy atom. The number of carboxylic acid groups (broad SMARTS) is 1. The van der Waals surface area contributed by atoms with Gasteiger partial charge in [0.05, 0.1) is 24.2 Å². The quantitative estimate of drug-likeness (QED) is 0.660. The van der Waals surface area contributed by atoms with Crippen LogP contribution in [-0.2, 0) is 16.0 Å². The number of rotatable bonds is 6. The lowest BCUT2D eigenvalue weighted by atomic mass is 9.80. The highest BCUT2D eigenvalue weighted by molar-refractivity contribution is 5.90. The molecule has 0 spiro atoms. The number of aliphatic carboxylic acids is 1. The lowest BCUT2D eigenvalue weighted by Crippen LogP contribution is -2.43. The largest absolute Gasteiger partial charge is 0.478 e. The lowest BCUT2D eigenvalue weighted by Gasteiger charge is -2.29. The smallest absolute Gasteiger partial charge is 0.333 e. The number of nitrogens with zero attached hydrogens (tertiary/aromatic N) is 3. The maximum absolute atomic E-state index is 13.0. The second-order valence-electron chi connectivity index (χ2n) is 7.30. The van der Waals surface area contributed by atoms with Crippen LogP contribution >= 0.6 is 0 Å². The Morgan fingerprint density at radius 3 is 2.72 bits per heavy atom. The fourth-order valence-corrected chi connectivity index (χ4v) is 3.11. The predicted octanol–water partition coefficient (Wildman–Crippen LogP) is 1.66. The number of hydrogen-bond donors (Lipinski definition) is 3. The number of carbonyl (C=O) groups excluding carboxylic acids is 1. The van der Waals surface area contributed by atoms with Crippen molar-refractivity contribution >= 4 is 11.9 Å². The minimum Gasteiger partial charge on any atom is -0.478 e. The van der Waals surface area contributed by atoms with Crippen molar-refractivity contribution in [3.05, 3.63) is 41.3 Å². The van der Waals surface area contributed by atoms with E-state index in [2.05, 4.69) is 20.4 Å². The zero-order chi connectivity index (χ0) is 21.1. The van der Waals surface area contributed by atoms with Gasteiger partial charge in [-0.25, -0.2) is 14.2 Å². The number of carboxylic acids is 1. The van der Waals surface area contributed by atoms with E-state index in [1.165, 1.54) is 12.1 Å². The summed E-state index contributed by atoms with van der Waals surface area (Å²) in [5, 5.41) is 15.8. The highest BCUT2D eigenvalue weighted by Gasteiger charge is 2.30. The summed E-state index contributed by atoms with van der Waals surface area (Å²) in [6, 6.07) is 1.61. The molecule has 9 nitrogen and oxygen atoms in total. The first kappa shape index (κ1) is 20.6. The number of allylic oxidation sites excluding steroid dienone is 1. The minimum absolute atomic E-state index is 0.0400. The number of aromatic nitrogens is 3. The van der Waals surface area contributed by atoms with E-state index >= 15 is 0 Å². The molecule has 1 aliphatic rings. The standard InChI is InChI=1S/C19H22FN5O4/c1-9-5-12(19(27)28)15(6-10(9)2)23-18(26)13(21)7-16-24-17(25-29-16)14-4-3-11(20)8-22-14/h3-4,8-10,13H,5-7,21H2,1-2H3,(H,23,26)(H,27,28)/t9-,10?,13?/m1/s1. The number of amides is 1. The zero-order valence-corrected chi connectivity index (χ0v) is 16.1. The Balaban J connectivity index is 1.67. The van der Waals surface area contributed by atoms with Crippen molar-refractivity contribution in [3.8, 4) is 11.5 Å². The summed E-state index contributed by atoms with van der Waals surface area (Å²) < 4.78 is 18.0. The minimum atomic E-state index is -1.04. The van der Waals surface area contributed by atoms with Crippen molar-refractivity contribution < 1.29 is 23.6 Å². The van der Waals surface area contributed by atoms with Gasteiger partial charge in [0, 0.05) is 5.70 Å². The molecule has 29 heavy (non-hydrogen) atoms. The van der Waals surface area contributed by atoms with Gasteiger partial charge >= 0.3 is 5.97 Å². The van der Waals surface area contributed by atoms with Gasteiger partial charge in [0.15, 0.2) is 0 Å². The number of nitrogens with two attached hydrogens (primary N) is 1. The van der Waals surface area contributed by atoms with Crippen LogP contribution in [0.25, 0.3) is 11.5 Å². The summed E-state index contributed by atoms with van der Waals surface area (Å²) in [5.41, 5.74) is 6.86. The number of nitrogens with one attached hydrogen (secondary N) is 1. The van der Waals surface area contributed by atoms with Crippen molar-refractivity contribution in [2.75, 3.05) is 0 Å². The molecular formula is C19H22FN5O4. The molecule has 0 aromatic carbocycles. The topological polar surface area (TPSA) is 144 Å². The molecule has 0 saturated carbocycles. The summed E-state index contributed by atoms with van der Waals surface area (Å²) in [7, 11) is 0. The molecule has 2 aromatic rings. The van der Waals surface area contributed by atoms with E-state index in [4.69, 9.17) is 10.3 Å². The van der Waals surface area contributed by atoms with Gasteiger partial charge in [-0.1, -0.05) is 19.0 Å². The molecule has 0 fully saturated rings. The maximum Gasteiger partial charge on any atom is 0.333 e. The van der Waals surface area contributed by atoms with Crippen molar-refractivity contribution in [3.63, 3.8) is 0 Å². The van der Waals surface area contributed by atoms with Crippen molar-refractivity contribution in [1.82, 2.24) is 20.4 Å². The molecule has 154 valence electrons. The Kier molecular flexibility index (Phi) is 6.02. The van der Waals surface area contributed by atoms with E-state index in [1.54, 1.807) is 0 Å². The Labute approximate surface area is 166 Å². The van der Waals surface area contributed by atoms with Gasteiger partial charge in [0.1, 0.15) is 11.5 Å². The second-order valence-corrected chi connectivity index (χ2v) is 7.30. The number of hydrogen-bond acceptors (Lipinski definition) is 7. The van der Waals surface area contributed by atoms with Gasteiger partial charge in [-0.2, -0.15) is 4.98 Å². The average Bonchev–Trinajstić information content (AvgIpc) is 3.13. The molecule has 0 radical (unpaired) electrons. The third-order valence-electron chi connectivity index (χ3n) is 5.08. The van der Waals surface area contributed by atoms with Crippen LogP contribution in [0.15, 0.2) is 34.1 Å². The van der Waals surface area contributed by atoms with E-state index in [9.17, 15) is 19.1 Å². The van der Waals surface area contributed by atoms with Crippen LogP contribution in [0.1, 0.15) is 32.6 Å². The van der Waals surface area contributed by atoms with Crippen LogP contribution in [0, 0.1) is 17.7 Å². The second kappa shape index (κ2) is 8.48. The summed E-state index contributed by atoms with van der Waals surface area (Å²) in [6.45, 7) is 4.00. The molecule has 10 heteroatoms. The molecule has 2 unspecified atom stereocenters. The Bertz CT molecular complexity index is 940. The molecule has 0 bridgehead atoms.